The van der Waals surface area contributed by atoms with Crippen molar-refractivity contribution in [3.05, 3.63) is 35.9 Å². The first-order valence-electron chi connectivity index (χ1n) is 5.82. The SMILES string of the molecule is c1ccc(CO[C@@H]2CO[C@@H]3OCC[C@@H]32)cc1. The Labute approximate surface area is 95.3 Å². The molecule has 0 saturated carbocycles. The Hall–Kier alpha value is -0.900. The van der Waals surface area contributed by atoms with Crippen molar-refractivity contribution in [1.29, 1.82) is 0 Å². The largest absolute Gasteiger partial charge is 0.371 e. The summed E-state index contributed by atoms with van der Waals surface area (Å²) < 4.78 is 16.9. The van der Waals surface area contributed by atoms with Gasteiger partial charge in [-0.15, -0.1) is 0 Å². The van der Waals surface area contributed by atoms with E-state index in [1.807, 2.05) is 18.2 Å². The molecule has 3 nitrogen and oxygen atoms in total. The normalized spacial score (nSPS) is 32.9. The molecule has 2 fully saturated rings. The highest BCUT2D eigenvalue weighted by atomic mass is 16.7. The molecular formula is C13H16O3. The van der Waals surface area contributed by atoms with Crippen LogP contribution in [0.15, 0.2) is 30.3 Å². The van der Waals surface area contributed by atoms with E-state index in [4.69, 9.17) is 14.2 Å². The molecule has 2 aliphatic rings. The van der Waals surface area contributed by atoms with Crippen molar-refractivity contribution in [2.45, 2.75) is 25.4 Å². The van der Waals surface area contributed by atoms with Crippen molar-refractivity contribution in [2.24, 2.45) is 5.92 Å². The van der Waals surface area contributed by atoms with Crippen LogP contribution in [0.2, 0.25) is 0 Å². The van der Waals surface area contributed by atoms with Crippen molar-refractivity contribution in [1.82, 2.24) is 0 Å². The molecule has 1 aromatic carbocycles. The minimum atomic E-state index is -0.0132. The molecule has 3 rings (SSSR count). The lowest BCUT2D eigenvalue weighted by molar-refractivity contribution is -0.0909. The summed E-state index contributed by atoms with van der Waals surface area (Å²) >= 11 is 0. The van der Waals surface area contributed by atoms with Crippen LogP contribution in [-0.4, -0.2) is 25.6 Å². The summed E-state index contributed by atoms with van der Waals surface area (Å²) in [4.78, 5) is 0. The van der Waals surface area contributed by atoms with Gasteiger partial charge in [0.2, 0.25) is 0 Å². The topological polar surface area (TPSA) is 27.7 Å². The van der Waals surface area contributed by atoms with Crippen molar-refractivity contribution in [3.8, 4) is 0 Å². The van der Waals surface area contributed by atoms with Gasteiger partial charge in [0.1, 0.15) is 0 Å². The number of hydrogen-bond acceptors (Lipinski definition) is 3. The molecule has 2 saturated heterocycles. The molecule has 2 aliphatic heterocycles. The van der Waals surface area contributed by atoms with Crippen LogP contribution in [0.4, 0.5) is 0 Å². The maximum atomic E-state index is 5.90. The smallest absolute Gasteiger partial charge is 0.163 e. The molecule has 3 atom stereocenters. The fourth-order valence-corrected chi connectivity index (χ4v) is 2.38. The molecule has 0 aromatic heterocycles. The molecule has 0 N–H and O–H groups in total. The van der Waals surface area contributed by atoms with Crippen molar-refractivity contribution in [3.63, 3.8) is 0 Å². The molecule has 0 radical (unpaired) electrons. The molecule has 0 bridgehead atoms. The van der Waals surface area contributed by atoms with Gasteiger partial charge in [-0.25, -0.2) is 0 Å². The van der Waals surface area contributed by atoms with Gasteiger partial charge in [-0.3, -0.25) is 0 Å². The van der Waals surface area contributed by atoms with E-state index in [-0.39, 0.29) is 12.4 Å². The Morgan fingerprint density at radius 3 is 2.94 bits per heavy atom. The van der Waals surface area contributed by atoms with Crippen LogP contribution in [0.25, 0.3) is 0 Å². The molecule has 3 heteroatoms. The van der Waals surface area contributed by atoms with Gasteiger partial charge < -0.3 is 14.2 Å². The summed E-state index contributed by atoms with van der Waals surface area (Å²) in [5.74, 6) is 0.434. The van der Waals surface area contributed by atoms with Crippen LogP contribution in [0.1, 0.15) is 12.0 Å². The Bertz CT molecular complexity index is 338. The molecule has 86 valence electrons. The van der Waals surface area contributed by atoms with E-state index in [2.05, 4.69) is 12.1 Å². The predicted octanol–water partition coefficient (Wildman–Crippen LogP) is 1.96. The summed E-state index contributed by atoms with van der Waals surface area (Å²) in [6.45, 7) is 2.14. The highest BCUT2D eigenvalue weighted by Crippen LogP contribution is 2.33. The first-order chi connectivity index (χ1) is 7.93. The van der Waals surface area contributed by atoms with Gasteiger partial charge in [0.25, 0.3) is 0 Å². The summed E-state index contributed by atoms with van der Waals surface area (Å²) in [6.07, 6.45) is 1.25. The molecule has 2 heterocycles. The lowest BCUT2D eigenvalue weighted by atomic mass is 10.0. The maximum absolute atomic E-state index is 5.90. The number of ether oxygens (including phenoxy) is 3. The average molecular weight is 220 g/mol. The van der Waals surface area contributed by atoms with E-state index in [0.29, 0.717) is 19.1 Å². The van der Waals surface area contributed by atoms with Crippen LogP contribution in [0, 0.1) is 5.92 Å². The van der Waals surface area contributed by atoms with Gasteiger partial charge in [-0.2, -0.15) is 0 Å². The van der Waals surface area contributed by atoms with Crippen LogP contribution in [-0.2, 0) is 20.8 Å². The molecule has 1 aromatic rings. The highest BCUT2D eigenvalue weighted by Gasteiger charge is 2.42. The lowest BCUT2D eigenvalue weighted by Gasteiger charge is -2.15. The third-order valence-electron chi connectivity index (χ3n) is 3.29. The molecular weight excluding hydrogens is 204 g/mol. The van der Waals surface area contributed by atoms with E-state index in [0.717, 1.165) is 13.0 Å². The first kappa shape index (κ1) is 10.3. The van der Waals surface area contributed by atoms with Gasteiger partial charge in [0.15, 0.2) is 6.29 Å². The highest BCUT2D eigenvalue weighted by molar-refractivity contribution is 5.13. The monoisotopic (exact) mass is 220 g/mol. The fourth-order valence-electron chi connectivity index (χ4n) is 2.38. The fraction of sp³-hybridized carbons (Fsp3) is 0.538. The van der Waals surface area contributed by atoms with E-state index < -0.39 is 0 Å². The van der Waals surface area contributed by atoms with Gasteiger partial charge in [0.05, 0.1) is 25.9 Å². The lowest BCUT2D eigenvalue weighted by Crippen LogP contribution is -2.23. The third-order valence-corrected chi connectivity index (χ3v) is 3.29. The second-order valence-corrected chi connectivity index (χ2v) is 4.36. The van der Waals surface area contributed by atoms with Gasteiger partial charge in [-0.1, -0.05) is 30.3 Å². The van der Waals surface area contributed by atoms with E-state index >= 15 is 0 Å². The Morgan fingerprint density at radius 2 is 2.06 bits per heavy atom. The number of benzene rings is 1. The van der Waals surface area contributed by atoms with Crippen LogP contribution in [0.5, 0.6) is 0 Å². The van der Waals surface area contributed by atoms with E-state index in [9.17, 15) is 0 Å². The first-order valence-corrected chi connectivity index (χ1v) is 5.82. The van der Waals surface area contributed by atoms with Gasteiger partial charge >= 0.3 is 0 Å². The second-order valence-electron chi connectivity index (χ2n) is 4.36. The number of hydrogen-bond donors (Lipinski definition) is 0. The molecule has 0 amide bonds. The summed E-state index contributed by atoms with van der Waals surface area (Å²) in [5.41, 5.74) is 1.21. The number of rotatable bonds is 3. The summed E-state index contributed by atoms with van der Waals surface area (Å²) in [5, 5.41) is 0. The van der Waals surface area contributed by atoms with E-state index in [1.165, 1.54) is 5.56 Å². The molecule has 16 heavy (non-hydrogen) atoms. The second kappa shape index (κ2) is 4.53. The minimum absolute atomic E-state index is 0.0132. The van der Waals surface area contributed by atoms with Gasteiger partial charge in [0, 0.05) is 5.92 Å². The third kappa shape index (κ3) is 1.98. The Morgan fingerprint density at radius 1 is 1.19 bits per heavy atom. The van der Waals surface area contributed by atoms with Crippen LogP contribution >= 0.6 is 0 Å². The average Bonchev–Trinajstić information content (AvgIpc) is 2.90. The standard InChI is InChI=1S/C13H16O3/c1-2-4-10(5-3-1)8-15-12-9-16-13-11(12)6-7-14-13/h1-5,11-13H,6-9H2/t11-,12-,13+/m1/s1. The Kier molecular flexibility index (Phi) is 2.91. The molecule has 0 spiro atoms. The zero-order chi connectivity index (χ0) is 10.8. The maximum Gasteiger partial charge on any atom is 0.163 e. The molecule has 0 aliphatic carbocycles. The molecule has 0 unspecified atom stereocenters. The Balaban J connectivity index is 1.56. The van der Waals surface area contributed by atoms with Crippen molar-refractivity contribution < 1.29 is 14.2 Å². The van der Waals surface area contributed by atoms with Crippen molar-refractivity contribution >= 4 is 0 Å². The summed E-state index contributed by atoms with van der Waals surface area (Å²) in [7, 11) is 0. The van der Waals surface area contributed by atoms with Crippen molar-refractivity contribution in [2.75, 3.05) is 13.2 Å². The minimum Gasteiger partial charge on any atom is -0.371 e. The zero-order valence-electron chi connectivity index (χ0n) is 9.17. The number of fused-ring (bicyclic) bond motifs is 1. The van der Waals surface area contributed by atoms with Crippen LogP contribution < -0.4 is 0 Å². The zero-order valence-corrected chi connectivity index (χ0v) is 9.17. The predicted molar refractivity (Wildman–Crippen MR) is 58.8 cm³/mol. The quantitative estimate of drug-likeness (QED) is 0.779. The van der Waals surface area contributed by atoms with Crippen LogP contribution in [0.3, 0.4) is 0 Å². The van der Waals surface area contributed by atoms with Gasteiger partial charge in [-0.05, 0) is 12.0 Å². The summed E-state index contributed by atoms with van der Waals surface area (Å²) in [6, 6.07) is 10.2. The van der Waals surface area contributed by atoms with E-state index in [1.54, 1.807) is 0 Å².